The SMILES string of the molecule is Cc1nccn1CC1CCCN1c1cc(=O)n2ccccc2n1. The van der Waals surface area contributed by atoms with Crippen LogP contribution in [0, 0.1) is 6.92 Å². The first-order valence-corrected chi connectivity index (χ1v) is 7.95. The van der Waals surface area contributed by atoms with E-state index in [1.54, 1.807) is 16.7 Å². The standard InChI is InChI=1S/C17H19N5O/c1-13-18-7-10-20(13)12-14-5-4-9-21(14)16-11-17(23)22-8-3-2-6-15(22)19-16/h2-3,6-8,10-11,14H,4-5,9,12H2,1H3. The Morgan fingerprint density at radius 3 is 3.04 bits per heavy atom. The summed E-state index contributed by atoms with van der Waals surface area (Å²) >= 11 is 0. The highest BCUT2D eigenvalue weighted by molar-refractivity contribution is 5.49. The van der Waals surface area contributed by atoms with Crippen molar-refractivity contribution in [3.8, 4) is 0 Å². The minimum absolute atomic E-state index is 0.0324. The number of pyridine rings is 1. The van der Waals surface area contributed by atoms with Crippen molar-refractivity contribution in [1.82, 2.24) is 18.9 Å². The third-order valence-corrected chi connectivity index (χ3v) is 4.56. The molecule has 1 saturated heterocycles. The van der Waals surface area contributed by atoms with Gasteiger partial charge in [0.25, 0.3) is 5.56 Å². The molecule has 3 aromatic heterocycles. The molecule has 1 aliphatic rings. The van der Waals surface area contributed by atoms with Gasteiger partial charge in [-0.05, 0) is 31.9 Å². The molecule has 23 heavy (non-hydrogen) atoms. The van der Waals surface area contributed by atoms with Crippen LogP contribution in [-0.2, 0) is 6.54 Å². The van der Waals surface area contributed by atoms with Gasteiger partial charge in [-0.3, -0.25) is 9.20 Å². The van der Waals surface area contributed by atoms with Gasteiger partial charge < -0.3 is 9.47 Å². The van der Waals surface area contributed by atoms with Crippen LogP contribution in [0.25, 0.3) is 5.65 Å². The maximum Gasteiger partial charge on any atom is 0.259 e. The number of hydrogen-bond acceptors (Lipinski definition) is 4. The van der Waals surface area contributed by atoms with E-state index >= 15 is 0 Å². The molecule has 6 nitrogen and oxygen atoms in total. The van der Waals surface area contributed by atoms with Gasteiger partial charge in [-0.1, -0.05) is 6.07 Å². The summed E-state index contributed by atoms with van der Waals surface area (Å²) in [6.07, 6.45) is 7.82. The second kappa shape index (κ2) is 5.53. The van der Waals surface area contributed by atoms with Gasteiger partial charge in [0, 0.05) is 43.8 Å². The van der Waals surface area contributed by atoms with E-state index in [1.807, 2.05) is 37.5 Å². The van der Waals surface area contributed by atoms with Crippen molar-refractivity contribution in [1.29, 1.82) is 0 Å². The van der Waals surface area contributed by atoms with Crippen LogP contribution >= 0.6 is 0 Å². The van der Waals surface area contributed by atoms with Crippen molar-refractivity contribution in [3.63, 3.8) is 0 Å². The van der Waals surface area contributed by atoms with E-state index in [9.17, 15) is 4.79 Å². The minimum atomic E-state index is -0.0324. The molecule has 4 heterocycles. The van der Waals surface area contributed by atoms with Crippen LogP contribution in [0.3, 0.4) is 0 Å². The molecule has 4 rings (SSSR count). The second-order valence-electron chi connectivity index (χ2n) is 6.00. The first-order valence-electron chi connectivity index (χ1n) is 7.95. The molecule has 3 aromatic rings. The molecule has 1 unspecified atom stereocenters. The molecule has 0 aliphatic carbocycles. The zero-order valence-electron chi connectivity index (χ0n) is 13.1. The molecule has 0 amide bonds. The zero-order valence-corrected chi connectivity index (χ0v) is 13.1. The van der Waals surface area contributed by atoms with Crippen molar-refractivity contribution in [2.24, 2.45) is 0 Å². The largest absolute Gasteiger partial charge is 0.352 e. The van der Waals surface area contributed by atoms with Crippen molar-refractivity contribution >= 4 is 11.5 Å². The third kappa shape index (κ3) is 2.50. The van der Waals surface area contributed by atoms with Gasteiger partial charge in [0.2, 0.25) is 0 Å². The molecule has 0 saturated carbocycles. The van der Waals surface area contributed by atoms with Crippen molar-refractivity contribution in [2.45, 2.75) is 32.4 Å². The number of imidazole rings is 1. The van der Waals surface area contributed by atoms with Gasteiger partial charge in [-0.2, -0.15) is 0 Å². The number of anilines is 1. The van der Waals surface area contributed by atoms with Crippen LogP contribution in [0.15, 0.2) is 47.7 Å². The summed E-state index contributed by atoms with van der Waals surface area (Å²) in [6, 6.07) is 7.61. The maximum atomic E-state index is 12.3. The Hall–Kier alpha value is -2.63. The lowest BCUT2D eigenvalue weighted by atomic mass is 10.2. The Morgan fingerprint density at radius 2 is 2.22 bits per heavy atom. The molecule has 118 valence electrons. The summed E-state index contributed by atoms with van der Waals surface area (Å²) in [6.45, 7) is 3.83. The Morgan fingerprint density at radius 1 is 1.30 bits per heavy atom. The quantitative estimate of drug-likeness (QED) is 0.741. The molecule has 0 N–H and O–H groups in total. The first-order chi connectivity index (χ1) is 11.2. The molecule has 0 spiro atoms. The number of nitrogens with zero attached hydrogens (tertiary/aromatic N) is 5. The van der Waals surface area contributed by atoms with Crippen LogP contribution in [0.2, 0.25) is 0 Å². The van der Waals surface area contributed by atoms with Crippen LogP contribution in [0.4, 0.5) is 5.82 Å². The summed E-state index contributed by atoms with van der Waals surface area (Å²) < 4.78 is 3.74. The molecule has 0 aromatic carbocycles. The van der Waals surface area contributed by atoms with Gasteiger partial charge in [-0.15, -0.1) is 0 Å². The third-order valence-electron chi connectivity index (χ3n) is 4.56. The molecule has 1 atom stereocenters. The molecular formula is C17H19N5O. The van der Waals surface area contributed by atoms with Gasteiger partial charge in [0.15, 0.2) is 0 Å². The fourth-order valence-corrected chi connectivity index (χ4v) is 3.34. The van der Waals surface area contributed by atoms with Crippen molar-refractivity contribution < 1.29 is 0 Å². The molecule has 0 bridgehead atoms. The summed E-state index contributed by atoms with van der Waals surface area (Å²) in [7, 11) is 0. The Bertz CT molecular complexity index is 897. The minimum Gasteiger partial charge on any atom is -0.352 e. The van der Waals surface area contributed by atoms with Gasteiger partial charge >= 0.3 is 0 Å². The Labute approximate surface area is 134 Å². The maximum absolute atomic E-state index is 12.3. The number of fused-ring (bicyclic) bond motifs is 1. The van der Waals surface area contributed by atoms with E-state index in [2.05, 4.69) is 19.4 Å². The van der Waals surface area contributed by atoms with E-state index < -0.39 is 0 Å². The fraction of sp³-hybridized carbons (Fsp3) is 0.353. The molecule has 6 heteroatoms. The molecule has 1 aliphatic heterocycles. The first kappa shape index (κ1) is 14.0. The average molecular weight is 309 g/mol. The highest BCUT2D eigenvalue weighted by Gasteiger charge is 2.26. The summed E-state index contributed by atoms with van der Waals surface area (Å²) in [5, 5.41) is 0. The van der Waals surface area contributed by atoms with E-state index in [1.165, 1.54) is 0 Å². The zero-order chi connectivity index (χ0) is 15.8. The highest BCUT2D eigenvalue weighted by atomic mass is 16.1. The van der Waals surface area contributed by atoms with Gasteiger partial charge in [0.1, 0.15) is 17.3 Å². The van der Waals surface area contributed by atoms with E-state index in [0.29, 0.717) is 11.7 Å². The average Bonchev–Trinajstić information content (AvgIpc) is 3.17. The lowest BCUT2D eigenvalue weighted by Crippen LogP contribution is -2.34. The number of rotatable bonds is 3. The second-order valence-corrected chi connectivity index (χ2v) is 6.00. The number of aryl methyl sites for hydroxylation is 1. The van der Waals surface area contributed by atoms with Crippen LogP contribution in [-0.4, -0.2) is 31.5 Å². The predicted octanol–water partition coefficient (Wildman–Crippen LogP) is 1.87. The Kier molecular flexibility index (Phi) is 3.37. The molecule has 1 fully saturated rings. The summed E-state index contributed by atoms with van der Waals surface area (Å²) in [5.74, 6) is 1.80. The molecular weight excluding hydrogens is 290 g/mol. The summed E-state index contributed by atoms with van der Waals surface area (Å²) in [5.41, 5.74) is 0.662. The van der Waals surface area contributed by atoms with E-state index in [0.717, 1.165) is 37.6 Å². The van der Waals surface area contributed by atoms with Crippen LogP contribution in [0.1, 0.15) is 18.7 Å². The highest BCUT2D eigenvalue weighted by Crippen LogP contribution is 2.24. The van der Waals surface area contributed by atoms with E-state index in [4.69, 9.17) is 0 Å². The normalized spacial score (nSPS) is 18.0. The van der Waals surface area contributed by atoms with Crippen molar-refractivity contribution in [2.75, 3.05) is 11.4 Å². The van der Waals surface area contributed by atoms with Crippen LogP contribution < -0.4 is 10.5 Å². The van der Waals surface area contributed by atoms with Crippen LogP contribution in [0.5, 0.6) is 0 Å². The Balaban J connectivity index is 1.69. The smallest absolute Gasteiger partial charge is 0.259 e. The number of aromatic nitrogens is 4. The lowest BCUT2D eigenvalue weighted by molar-refractivity contribution is 0.538. The lowest BCUT2D eigenvalue weighted by Gasteiger charge is -2.26. The van der Waals surface area contributed by atoms with Gasteiger partial charge in [-0.25, -0.2) is 9.97 Å². The van der Waals surface area contributed by atoms with E-state index in [-0.39, 0.29) is 5.56 Å². The summed E-state index contributed by atoms with van der Waals surface area (Å²) in [4.78, 5) is 23.5. The van der Waals surface area contributed by atoms with Gasteiger partial charge in [0.05, 0.1) is 0 Å². The topological polar surface area (TPSA) is 55.4 Å². The van der Waals surface area contributed by atoms with Crippen molar-refractivity contribution in [3.05, 3.63) is 59.0 Å². The predicted molar refractivity (Wildman–Crippen MR) is 88.8 cm³/mol. The fourth-order valence-electron chi connectivity index (χ4n) is 3.34. The molecule has 0 radical (unpaired) electrons. The number of hydrogen-bond donors (Lipinski definition) is 0. The monoisotopic (exact) mass is 309 g/mol.